The first-order valence-corrected chi connectivity index (χ1v) is 12.8. The van der Waals surface area contributed by atoms with Crippen LogP contribution >= 0.6 is 23.2 Å². The minimum absolute atomic E-state index is 0.0751. The Hall–Kier alpha value is -3.33. The number of carbonyl (C=O) groups is 2. The molecular formula is C28H26Cl2FNO6. The first kappa shape index (κ1) is 27.7. The van der Waals surface area contributed by atoms with Crippen LogP contribution in [0.1, 0.15) is 40.2 Å². The SMILES string of the molecule is O=C(O)C1CCOc2cc(Oc3ccc(C(=O)N(CCc4ccc(Cl)cc4)OCCCF)cc3)c(Cl)cc21. The topological polar surface area (TPSA) is 85.3 Å². The molecule has 3 aromatic rings. The van der Waals surface area contributed by atoms with Crippen LogP contribution in [0.4, 0.5) is 4.39 Å². The maximum atomic E-state index is 13.1. The number of carbonyl (C=O) groups excluding carboxylic acids is 1. The second kappa shape index (κ2) is 13.0. The number of carboxylic acid groups (broad SMARTS) is 1. The summed E-state index contributed by atoms with van der Waals surface area (Å²) in [6.07, 6.45) is 1.07. The van der Waals surface area contributed by atoms with Gasteiger partial charge < -0.3 is 14.6 Å². The molecule has 7 nitrogen and oxygen atoms in total. The van der Waals surface area contributed by atoms with E-state index in [9.17, 15) is 19.1 Å². The van der Waals surface area contributed by atoms with E-state index >= 15 is 0 Å². The standard InChI is InChI=1S/C28H26Cl2FNO6/c29-20-6-2-18(3-7-20)10-13-32(37-14-1-12-31)27(33)19-4-8-21(9-5-19)38-26-17-25-23(16-24(26)30)22(28(34)35)11-15-36-25/h2-9,16-17,22H,1,10-15H2,(H,34,35). The van der Waals surface area contributed by atoms with E-state index in [-0.39, 0.29) is 37.1 Å². The number of hydrogen-bond acceptors (Lipinski definition) is 5. The van der Waals surface area contributed by atoms with E-state index < -0.39 is 18.6 Å². The van der Waals surface area contributed by atoms with Crippen LogP contribution in [-0.2, 0) is 16.1 Å². The lowest BCUT2D eigenvalue weighted by Crippen LogP contribution is -2.33. The molecule has 1 amide bonds. The summed E-state index contributed by atoms with van der Waals surface area (Å²) in [5.74, 6) is -0.864. The Morgan fingerprint density at radius 1 is 1.08 bits per heavy atom. The molecule has 0 saturated carbocycles. The van der Waals surface area contributed by atoms with E-state index in [4.69, 9.17) is 37.5 Å². The number of hydroxylamine groups is 2. The average Bonchev–Trinajstić information content (AvgIpc) is 2.91. The van der Waals surface area contributed by atoms with Crippen molar-refractivity contribution in [2.75, 3.05) is 26.4 Å². The van der Waals surface area contributed by atoms with Gasteiger partial charge >= 0.3 is 5.97 Å². The first-order chi connectivity index (χ1) is 18.4. The summed E-state index contributed by atoms with van der Waals surface area (Å²) in [4.78, 5) is 30.3. The first-order valence-electron chi connectivity index (χ1n) is 12.1. The lowest BCUT2D eigenvalue weighted by molar-refractivity contribution is -0.139. The zero-order chi connectivity index (χ0) is 27.1. The van der Waals surface area contributed by atoms with Crippen molar-refractivity contribution in [3.05, 3.63) is 87.4 Å². The normalized spacial score (nSPS) is 14.3. The van der Waals surface area contributed by atoms with Gasteiger partial charge in [0.25, 0.3) is 5.91 Å². The summed E-state index contributed by atoms with van der Waals surface area (Å²) in [6, 6.07) is 16.8. The van der Waals surface area contributed by atoms with Gasteiger partial charge in [0.05, 0.1) is 37.4 Å². The third kappa shape index (κ3) is 6.95. The van der Waals surface area contributed by atoms with Crippen molar-refractivity contribution in [2.45, 2.75) is 25.2 Å². The van der Waals surface area contributed by atoms with Crippen LogP contribution in [0.5, 0.6) is 17.2 Å². The third-order valence-corrected chi connectivity index (χ3v) is 6.55. The Kier molecular flexibility index (Phi) is 9.44. The molecule has 1 atom stereocenters. The number of benzene rings is 3. The van der Waals surface area contributed by atoms with Crippen LogP contribution in [0.15, 0.2) is 60.7 Å². The summed E-state index contributed by atoms with van der Waals surface area (Å²) in [7, 11) is 0. The summed E-state index contributed by atoms with van der Waals surface area (Å²) < 4.78 is 24.1. The fourth-order valence-electron chi connectivity index (χ4n) is 4.00. The third-order valence-electron chi connectivity index (χ3n) is 6.00. The lowest BCUT2D eigenvalue weighted by Gasteiger charge is -2.24. The Labute approximate surface area is 229 Å². The molecule has 0 fully saturated rings. The molecule has 0 bridgehead atoms. The van der Waals surface area contributed by atoms with Crippen molar-refractivity contribution in [2.24, 2.45) is 0 Å². The molecule has 1 aliphatic rings. The number of carboxylic acids is 1. The van der Waals surface area contributed by atoms with Gasteiger partial charge in [-0.25, -0.2) is 5.06 Å². The minimum atomic E-state index is -0.935. The van der Waals surface area contributed by atoms with Crippen LogP contribution in [0.25, 0.3) is 0 Å². The second-order valence-electron chi connectivity index (χ2n) is 8.63. The minimum Gasteiger partial charge on any atom is -0.493 e. The molecule has 200 valence electrons. The molecule has 1 N–H and O–H groups in total. The Morgan fingerprint density at radius 2 is 1.82 bits per heavy atom. The number of ether oxygens (including phenoxy) is 2. The molecule has 0 aromatic heterocycles. The average molecular weight is 562 g/mol. The molecule has 38 heavy (non-hydrogen) atoms. The number of halogens is 3. The molecule has 4 rings (SSSR count). The molecule has 0 aliphatic carbocycles. The van der Waals surface area contributed by atoms with E-state index in [1.807, 2.05) is 12.1 Å². The van der Waals surface area contributed by atoms with Crippen LogP contribution in [0.2, 0.25) is 10.0 Å². The summed E-state index contributed by atoms with van der Waals surface area (Å²) in [6.45, 7) is 0.0844. The molecular weight excluding hydrogens is 536 g/mol. The Bertz CT molecular complexity index is 1270. The Morgan fingerprint density at radius 3 is 2.50 bits per heavy atom. The molecule has 1 heterocycles. The smallest absolute Gasteiger partial charge is 0.311 e. The number of rotatable bonds is 11. The van der Waals surface area contributed by atoms with Gasteiger partial charge in [-0.3, -0.25) is 18.8 Å². The van der Waals surface area contributed by atoms with E-state index in [0.717, 1.165) is 5.56 Å². The molecule has 1 unspecified atom stereocenters. The molecule has 0 radical (unpaired) electrons. The van der Waals surface area contributed by atoms with Crippen molar-refractivity contribution >= 4 is 35.1 Å². The summed E-state index contributed by atoms with van der Waals surface area (Å²) >= 11 is 12.3. The van der Waals surface area contributed by atoms with Crippen molar-refractivity contribution in [1.29, 1.82) is 0 Å². The zero-order valence-electron chi connectivity index (χ0n) is 20.4. The van der Waals surface area contributed by atoms with Gasteiger partial charge in [-0.2, -0.15) is 0 Å². The van der Waals surface area contributed by atoms with Gasteiger partial charge in [0.15, 0.2) is 0 Å². The number of nitrogens with zero attached hydrogens (tertiary/aromatic N) is 1. The molecule has 0 spiro atoms. The Balaban J connectivity index is 1.45. The quantitative estimate of drug-likeness (QED) is 0.207. The highest BCUT2D eigenvalue weighted by molar-refractivity contribution is 6.32. The molecule has 10 heteroatoms. The maximum absolute atomic E-state index is 13.1. The molecule has 0 saturated heterocycles. The number of alkyl halides is 1. The lowest BCUT2D eigenvalue weighted by atomic mass is 9.93. The van der Waals surface area contributed by atoms with Crippen molar-refractivity contribution < 1.29 is 33.4 Å². The second-order valence-corrected chi connectivity index (χ2v) is 9.48. The number of hydrogen-bond donors (Lipinski definition) is 1. The van der Waals surface area contributed by atoms with E-state index in [2.05, 4.69) is 0 Å². The van der Waals surface area contributed by atoms with Crippen LogP contribution in [0.3, 0.4) is 0 Å². The predicted octanol–water partition coefficient (Wildman–Crippen LogP) is 6.71. The highest BCUT2D eigenvalue weighted by atomic mass is 35.5. The fourth-order valence-corrected chi connectivity index (χ4v) is 4.33. The fraction of sp³-hybridized carbons (Fsp3) is 0.286. The maximum Gasteiger partial charge on any atom is 0.311 e. The van der Waals surface area contributed by atoms with Crippen molar-refractivity contribution in [3.8, 4) is 17.2 Å². The monoisotopic (exact) mass is 561 g/mol. The number of fused-ring (bicyclic) bond motifs is 1. The largest absolute Gasteiger partial charge is 0.493 e. The van der Waals surface area contributed by atoms with Gasteiger partial charge in [-0.15, -0.1) is 0 Å². The summed E-state index contributed by atoms with van der Waals surface area (Å²) in [5, 5.41) is 11.6. The van der Waals surface area contributed by atoms with Gasteiger partial charge in [0.1, 0.15) is 17.2 Å². The van der Waals surface area contributed by atoms with E-state index in [0.29, 0.717) is 46.2 Å². The van der Waals surface area contributed by atoms with Gasteiger partial charge in [-0.05, 0) is 60.9 Å². The van der Waals surface area contributed by atoms with Crippen LogP contribution < -0.4 is 9.47 Å². The van der Waals surface area contributed by atoms with Gasteiger partial charge in [0, 0.05) is 28.6 Å². The predicted molar refractivity (Wildman–Crippen MR) is 141 cm³/mol. The number of aliphatic carboxylic acids is 1. The zero-order valence-corrected chi connectivity index (χ0v) is 21.9. The van der Waals surface area contributed by atoms with Crippen molar-refractivity contribution in [3.63, 3.8) is 0 Å². The van der Waals surface area contributed by atoms with Crippen LogP contribution in [-0.4, -0.2) is 48.5 Å². The highest BCUT2D eigenvalue weighted by Crippen LogP contribution is 2.41. The van der Waals surface area contributed by atoms with Crippen LogP contribution in [0, 0.1) is 0 Å². The molecule has 1 aliphatic heterocycles. The van der Waals surface area contributed by atoms with E-state index in [1.54, 1.807) is 48.5 Å². The van der Waals surface area contributed by atoms with Crippen molar-refractivity contribution in [1.82, 2.24) is 5.06 Å². The summed E-state index contributed by atoms with van der Waals surface area (Å²) in [5.41, 5.74) is 1.84. The number of amides is 1. The highest BCUT2D eigenvalue weighted by Gasteiger charge is 2.29. The van der Waals surface area contributed by atoms with E-state index in [1.165, 1.54) is 5.06 Å². The molecule has 3 aromatic carbocycles. The van der Waals surface area contributed by atoms with Gasteiger partial charge in [-0.1, -0.05) is 35.3 Å². The van der Waals surface area contributed by atoms with Gasteiger partial charge in [0.2, 0.25) is 0 Å².